The van der Waals surface area contributed by atoms with E-state index in [1.54, 1.807) is 6.20 Å². The summed E-state index contributed by atoms with van der Waals surface area (Å²) >= 11 is 0. The second-order valence-corrected chi connectivity index (χ2v) is 11.9. The van der Waals surface area contributed by atoms with Gasteiger partial charge in [0.1, 0.15) is 29.8 Å². The van der Waals surface area contributed by atoms with Crippen LogP contribution in [0, 0.1) is 5.82 Å². The Labute approximate surface area is 242 Å². The molecule has 1 aromatic carbocycles. The summed E-state index contributed by atoms with van der Waals surface area (Å²) in [6.45, 7) is 4.46. The van der Waals surface area contributed by atoms with Crippen molar-refractivity contribution >= 4 is 22.6 Å². The zero-order valence-electron chi connectivity index (χ0n) is 23.5. The van der Waals surface area contributed by atoms with Gasteiger partial charge in [0.2, 0.25) is 0 Å². The van der Waals surface area contributed by atoms with E-state index < -0.39 is 23.7 Å². The van der Waals surface area contributed by atoms with E-state index in [4.69, 9.17) is 4.74 Å². The van der Waals surface area contributed by atoms with Gasteiger partial charge in [-0.1, -0.05) is 24.8 Å². The van der Waals surface area contributed by atoms with E-state index in [0.717, 1.165) is 36.8 Å². The third-order valence-electron chi connectivity index (χ3n) is 9.40. The molecule has 3 aliphatic heterocycles. The Balaban J connectivity index is 1.28. The van der Waals surface area contributed by atoms with Crippen molar-refractivity contribution in [1.82, 2.24) is 24.8 Å². The van der Waals surface area contributed by atoms with Crippen LogP contribution >= 0.6 is 0 Å². The van der Waals surface area contributed by atoms with Crippen LogP contribution in [0.4, 0.5) is 19.0 Å². The molecule has 3 fully saturated rings. The molecule has 1 aliphatic carbocycles. The van der Waals surface area contributed by atoms with Crippen LogP contribution in [0.1, 0.15) is 36.8 Å². The number of nitrogens with zero attached hydrogens (tertiary/aromatic N) is 6. The Hall–Kier alpha value is -3.73. The number of pyridine rings is 1. The number of hydrogen-bond acceptors (Lipinski definition) is 7. The molecule has 11 heteroatoms. The summed E-state index contributed by atoms with van der Waals surface area (Å²) in [5.41, 5.74) is 3.47. The SMILES string of the molecule is C=C(F)C(=O)N1CC[C@@H]2[C@H]1CN2c1nc(OC[C@@H]2C[C@@H](F)CN2C)nc2c(F)c(-c3cccc4c3CCCC4)ncc12. The number of benzene rings is 1. The Morgan fingerprint density at radius 2 is 2.00 bits per heavy atom. The van der Waals surface area contributed by atoms with Gasteiger partial charge >= 0.3 is 6.01 Å². The minimum absolute atomic E-state index is 0.00543. The fourth-order valence-electron chi connectivity index (χ4n) is 7.14. The van der Waals surface area contributed by atoms with Gasteiger partial charge in [-0.15, -0.1) is 0 Å². The normalized spacial score (nSPS) is 25.3. The molecule has 3 saturated heterocycles. The smallest absolute Gasteiger partial charge is 0.319 e. The van der Waals surface area contributed by atoms with Crippen molar-refractivity contribution in [3.05, 3.63) is 53.7 Å². The number of fused-ring (bicyclic) bond motifs is 3. The largest absolute Gasteiger partial charge is 0.462 e. The summed E-state index contributed by atoms with van der Waals surface area (Å²) < 4.78 is 50.1. The molecular weight excluding hydrogens is 545 g/mol. The first kappa shape index (κ1) is 27.1. The number of alkyl halides is 1. The molecule has 0 bridgehead atoms. The predicted octanol–water partition coefficient (Wildman–Crippen LogP) is 4.40. The monoisotopic (exact) mass is 578 g/mol. The highest BCUT2D eigenvalue weighted by Gasteiger charge is 2.50. The molecule has 4 atom stereocenters. The van der Waals surface area contributed by atoms with E-state index >= 15 is 4.39 Å². The number of likely N-dealkylation sites (tertiary alicyclic amines) is 2. The molecule has 4 aliphatic rings. The Kier molecular flexibility index (Phi) is 6.79. The second kappa shape index (κ2) is 10.5. The van der Waals surface area contributed by atoms with E-state index in [2.05, 4.69) is 27.6 Å². The quantitative estimate of drug-likeness (QED) is 0.402. The molecule has 0 spiro atoms. The Morgan fingerprint density at radius 1 is 1.17 bits per heavy atom. The summed E-state index contributed by atoms with van der Waals surface area (Å²) in [5.74, 6) is -1.77. The van der Waals surface area contributed by atoms with Crippen LogP contribution in [0.25, 0.3) is 22.2 Å². The number of carbonyl (C=O) groups is 1. The van der Waals surface area contributed by atoms with Gasteiger partial charge in [-0.05, 0) is 56.7 Å². The Morgan fingerprint density at radius 3 is 2.79 bits per heavy atom. The van der Waals surface area contributed by atoms with E-state index in [0.29, 0.717) is 43.7 Å². The van der Waals surface area contributed by atoms with E-state index in [1.807, 2.05) is 29.0 Å². The van der Waals surface area contributed by atoms with Gasteiger partial charge in [-0.25, -0.2) is 13.2 Å². The van der Waals surface area contributed by atoms with Gasteiger partial charge in [0.05, 0.1) is 17.5 Å². The third kappa shape index (κ3) is 4.49. The van der Waals surface area contributed by atoms with Gasteiger partial charge in [-0.3, -0.25) is 14.7 Å². The molecule has 0 N–H and O–H groups in total. The minimum atomic E-state index is -0.980. The van der Waals surface area contributed by atoms with Crippen LogP contribution in [-0.2, 0) is 17.6 Å². The summed E-state index contributed by atoms with van der Waals surface area (Å²) in [7, 11) is 1.85. The lowest BCUT2D eigenvalue weighted by Crippen LogP contribution is -2.63. The van der Waals surface area contributed by atoms with Crippen LogP contribution in [-0.4, -0.2) is 88.2 Å². The molecular formula is C31H33F3N6O2. The lowest BCUT2D eigenvalue weighted by molar-refractivity contribution is -0.130. The molecule has 1 amide bonds. The predicted molar refractivity (Wildman–Crippen MR) is 152 cm³/mol. The lowest BCUT2D eigenvalue weighted by atomic mass is 9.87. The van der Waals surface area contributed by atoms with E-state index in [1.165, 1.54) is 10.5 Å². The van der Waals surface area contributed by atoms with Crippen LogP contribution in [0.5, 0.6) is 6.01 Å². The van der Waals surface area contributed by atoms with Crippen molar-refractivity contribution in [3.63, 3.8) is 0 Å². The lowest BCUT2D eigenvalue weighted by Gasteiger charge is -2.47. The van der Waals surface area contributed by atoms with Gasteiger partial charge in [0.15, 0.2) is 11.6 Å². The minimum Gasteiger partial charge on any atom is -0.462 e. The van der Waals surface area contributed by atoms with Gasteiger partial charge in [0.25, 0.3) is 5.91 Å². The molecule has 42 heavy (non-hydrogen) atoms. The Bertz CT molecular complexity index is 1580. The number of hydrogen-bond donors (Lipinski definition) is 0. The van der Waals surface area contributed by atoms with Crippen LogP contribution in [0.15, 0.2) is 36.8 Å². The number of aryl methyl sites for hydroxylation is 1. The molecule has 0 radical (unpaired) electrons. The first-order valence-corrected chi connectivity index (χ1v) is 14.7. The molecule has 2 aromatic heterocycles. The maximum Gasteiger partial charge on any atom is 0.319 e. The van der Waals surface area contributed by atoms with Crippen LogP contribution in [0.3, 0.4) is 0 Å². The van der Waals surface area contributed by atoms with Gasteiger partial charge < -0.3 is 14.5 Å². The summed E-state index contributed by atoms with van der Waals surface area (Å²) in [6.07, 6.45) is 5.64. The van der Waals surface area contributed by atoms with Crippen molar-refractivity contribution in [1.29, 1.82) is 0 Å². The van der Waals surface area contributed by atoms with Crippen molar-refractivity contribution in [3.8, 4) is 17.3 Å². The highest BCUT2D eigenvalue weighted by atomic mass is 19.1. The zero-order chi connectivity index (χ0) is 29.1. The fourth-order valence-corrected chi connectivity index (χ4v) is 7.14. The number of anilines is 1. The number of halogens is 3. The number of rotatable bonds is 6. The molecule has 0 unspecified atom stereocenters. The number of amides is 1. The van der Waals surface area contributed by atoms with Gasteiger partial charge in [-0.2, -0.15) is 9.97 Å². The number of likely N-dealkylation sites (N-methyl/N-ethyl adjacent to an activating group) is 1. The maximum absolute atomic E-state index is 16.5. The van der Waals surface area contributed by atoms with E-state index in [-0.39, 0.29) is 42.0 Å². The summed E-state index contributed by atoms with van der Waals surface area (Å²) in [4.78, 5) is 31.5. The van der Waals surface area contributed by atoms with Crippen molar-refractivity contribution < 1.29 is 22.7 Å². The first-order valence-electron chi connectivity index (χ1n) is 14.7. The average Bonchev–Trinajstić information content (AvgIpc) is 3.48. The topological polar surface area (TPSA) is 74.7 Å². The fraction of sp³-hybridized carbons (Fsp3) is 0.484. The third-order valence-corrected chi connectivity index (χ3v) is 9.40. The van der Waals surface area contributed by atoms with Gasteiger partial charge in [0, 0.05) is 37.4 Å². The first-order chi connectivity index (χ1) is 20.3. The molecule has 5 heterocycles. The molecule has 220 valence electrons. The standard InChI is InChI=1S/C31H33F3N6O2/c1-17(32)30(41)39-11-10-24-25(39)15-40(24)29-23-13-35-27(22-9-5-7-18-6-3-4-8-21(18)22)26(34)28(23)36-31(37-29)42-16-20-12-19(33)14-38(20)2/h5,7,9,13,19-20,24-25H,1,3-4,6,8,10-12,14-16H2,2H3/t19-,20+,24-,25-/m1/s1. The van der Waals surface area contributed by atoms with Crippen molar-refractivity contribution in [2.45, 2.75) is 62.8 Å². The molecule has 7 rings (SSSR count). The van der Waals surface area contributed by atoms with Crippen LogP contribution < -0.4 is 9.64 Å². The van der Waals surface area contributed by atoms with Crippen LogP contribution in [0.2, 0.25) is 0 Å². The summed E-state index contributed by atoms with van der Waals surface area (Å²) in [5, 5.41) is 0.438. The maximum atomic E-state index is 16.5. The second-order valence-electron chi connectivity index (χ2n) is 11.9. The number of carbonyl (C=O) groups excluding carboxylic acids is 1. The highest BCUT2D eigenvalue weighted by Crippen LogP contribution is 2.41. The number of ether oxygens (including phenoxy) is 1. The van der Waals surface area contributed by atoms with Crippen molar-refractivity contribution in [2.75, 3.05) is 38.2 Å². The highest BCUT2D eigenvalue weighted by molar-refractivity contribution is 5.94. The average molecular weight is 579 g/mol. The molecule has 8 nitrogen and oxygen atoms in total. The molecule has 0 saturated carbocycles. The summed E-state index contributed by atoms with van der Waals surface area (Å²) in [6, 6.07) is 5.50. The van der Waals surface area contributed by atoms with E-state index in [9.17, 15) is 13.6 Å². The number of aromatic nitrogens is 3. The van der Waals surface area contributed by atoms with Crippen molar-refractivity contribution in [2.24, 2.45) is 0 Å². The molecule has 3 aromatic rings. The zero-order valence-corrected chi connectivity index (χ0v) is 23.5.